The number of carbonyl (C=O) groups is 3. The third-order valence-electron chi connectivity index (χ3n) is 7.33. The van der Waals surface area contributed by atoms with Crippen molar-refractivity contribution in [1.82, 2.24) is 15.2 Å². The molecule has 0 aromatic heterocycles. The molecule has 0 spiro atoms. The smallest absolute Gasteiger partial charge is 0.257 e. The van der Waals surface area contributed by atoms with Crippen LogP contribution in [0, 0.1) is 5.41 Å². The number of likely N-dealkylation sites (tertiary alicyclic amines) is 1. The Morgan fingerprint density at radius 3 is 2.20 bits per heavy atom. The van der Waals surface area contributed by atoms with Crippen LogP contribution in [0.25, 0.3) is 0 Å². The zero-order valence-electron chi connectivity index (χ0n) is 24.1. The van der Waals surface area contributed by atoms with Gasteiger partial charge < -0.3 is 20.7 Å². The fourth-order valence-corrected chi connectivity index (χ4v) is 5.11. The van der Waals surface area contributed by atoms with Crippen molar-refractivity contribution in [2.75, 3.05) is 19.7 Å². The van der Waals surface area contributed by atoms with Crippen LogP contribution in [0.1, 0.15) is 52.2 Å². The maximum Gasteiger partial charge on any atom is 0.257 e. The molecule has 3 N–H and O–H groups in total. The Kier molecular flexibility index (Phi) is 8.46. The molecule has 9 heteroatoms. The van der Waals surface area contributed by atoms with Gasteiger partial charge in [-0.1, -0.05) is 60.7 Å². The summed E-state index contributed by atoms with van der Waals surface area (Å²) in [7, 11) is 0. The molecule has 40 heavy (non-hydrogen) atoms. The first-order valence-corrected chi connectivity index (χ1v) is 13.8. The van der Waals surface area contributed by atoms with Gasteiger partial charge in [0.15, 0.2) is 0 Å². The Bertz CT molecular complexity index is 1250. The van der Waals surface area contributed by atoms with Gasteiger partial charge in [0.2, 0.25) is 11.8 Å². The second kappa shape index (κ2) is 11.5. The summed E-state index contributed by atoms with van der Waals surface area (Å²) in [5, 5.41) is 9.15. The molecular formula is C31H41N5O4. The van der Waals surface area contributed by atoms with Crippen LogP contribution in [-0.4, -0.2) is 70.2 Å². The first kappa shape index (κ1) is 29.4. The quantitative estimate of drug-likeness (QED) is 0.501. The maximum absolute atomic E-state index is 14.1. The molecule has 0 unspecified atom stereocenters. The molecule has 2 atom stereocenters. The van der Waals surface area contributed by atoms with Gasteiger partial charge in [0, 0.05) is 19.5 Å². The van der Waals surface area contributed by atoms with Crippen molar-refractivity contribution in [2.24, 2.45) is 16.3 Å². The second-order valence-electron chi connectivity index (χ2n) is 12.3. The van der Waals surface area contributed by atoms with Crippen molar-refractivity contribution in [2.45, 2.75) is 71.2 Å². The number of hydrazone groups is 1. The highest BCUT2D eigenvalue weighted by Crippen LogP contribution is 2.41. The summed E-state index contributed by atoms with van der Waals surface area (Å²) in [5.41, 5.74) is 6.12. The highest BCUT2D eigenvalue weighted by molar-refractivity contribution is 6.14. The van der Waals surface area contributed by atoms with E-state index in [1.54, 1.807) is 23.8 Å². The summed E-state index contributed by atoms with van der Waals surface area (Å²) < 4.78 is 5.90. The molecule has 0 aliphatic carbocycles. The largest absolute Gasteiger partial charge is 0.374 e. The van der Waals surface area contributed by atoms with Crippen LogP contribution in [0.2, 0.25) is 0 Å². The Morgan fingerprint density at radius 1 is 1.02 bits per heavy atom. The summed E-state index contributed by atoms with van der Waals surface area (Å²) >= 11 is 0. The van der Waals surface area contributed by atoms with Crippen LogP contribution in [-0.2, 0) is 32.1 Å². The number of nitrogens with zero attached hydrogens (tertiary/aromatic N) is 3. The van der Waals surface area contributed by atoms with Crippen LogP contribution < -0.4 is 11.1 Å². The summed E-state index contributed by atoms with van der Waals surface area (Å²) in [6.07, 6.45) is 0.893. The van der Waals surface area contributed by atoms with Crippen LogP contribution in [0.4, 0.5) is 0 Å². The predicted molar refractivity (Wildman–Crippen MR) is 154 cm³/mol. The molecule has 1 fully saturated rings. The fraction of sp³-hybridized carbons (Fsp3) is 0.484. The molecule has 214 valence electrons. The van der Waals surface area contributed by atoms with Gasteiger partial charge in [-0.3, -0.25) is 14.4 Å². The zero-order chi connectivity index (χ0) is 29.1. The lowest BCUT2D eigenvalue weighted by Crippen LogP contribution is -2.62. The monoisotopic (exact) mass is 547 g/mol. The van der Waals surface area contributed by atoms with E-state index in [0.717, 1.165) is 16.8 Å². The molecule has 2 aliphatic heterocycles. The zero-order valence-corrected chi connectivity index (χ0v) is 24.1. The number of hydrogen-bond donors (Lipinski definition) is 2. The first-order chi connectivity index (χ1) is 18.8. The molecule has 2 aromatic rings. The van der Waals surface area contributed by atoms with Gasteiger partial charge in [0.05, 0.1) is 30.0 Å². The van der Waals surface area contributed by atoms with Crippen LogP contribution >= 0.6 is 0 Å². The minimum atomic E-state index is -1.18. The van der Waals surface area contributed by atoms with E-state index in [1.807, 2.05) is 81.4 Å². The Hall–Kier alpha value is -3.56. The average Bonchev–Trinajstić information content (AvgIpc) is 3.20. The van der Waals surface area contributed by atoms with Gasteiger partial charge in [0.25, 0.3) is 5.91 Å². The van der Waals surface area contributed by atoms with Gasteiger partial charge in [-0.2, -0.15) is 5.10 Å². The molecule has 2 aromatic carbocycles. The second-order valence-corrected chi connectivity index (χ2v) is 12.3. The Labute approximate surface area is 236 Å². The standard InChI is InChI=1S/C31H41N5O4/c1-29(2,3)36-28(39)31(18-22-12-8-6-9-13-22)21-35(17-16-25(31)34-36)26(37)24(33-27(38)30(4,5)32)20-40-19-23-14-10-7-11-15-23/h6-15,24H,16-21,32H2,1-5H3,(H,33,38)/t24-,31-/m1/s1. The molecule has 1 saturated heterocycles. The third-order valence-corrected chi connectivity index (χ3v) is 7.33. The Balaban J connectivity index is 1.59. The summed E-state index contributed by atoms with van der Waals surface area (Å²) in [6, 6.07) is 18.5. The van der Waals surface area contributed by atoms with Gasteiger partial charge in [-0.15, -0.1) is 0 Å². The summed E-state index contributed by atoms with van der Waals surface area (Å²) in [6.45, 7) is 9.86. The van der Waals surface area contributed by atoms with E-state index in [1.165, 1.54) is 0 Å². The Morgan fingerprint density at radius 2 is 1.62 bits per heavy atom. The van der Waals surface area contributed by atoms with Gasteiger partial charge in [-0.05, 0) is 52.2 Å². The van der Waals surface area contributed by atoms with Gasteiger partial charge in [-0.25, -0.2) is 5.01 Å². The highest BCUT2D eigenvalue weighted by Gasteiger charge is 2.56. The summed E-state index contributed by atoms with van der Waals surface area (Å²) in [4.78, 5) is 42.6. The minimum Gasteiger partial charge on any atom is -0.374 e. The van der Waals surface area contributed by atoms with Crippen molar-refractivity contribution in [3.63, 3.8) is 0 Å². The maximum atomic E-state index is 14.1. The molecule has 0 saturated carbocycles. The van der Waals surface area contributed by atoms with Gasteiger partial charge in [0.1, 0.15) is 11.5 Å². The molecule has 3 amide bonds. The summed E-state index contributed by atoms with van der Waals surface area (Å²) in [5.74, 6) is -0.872. The number of fused-ring (bicyclic) bond motifs is 1. The lowest BCUT2D eigenvalue weighted by molar-refractivity contribution is -0.146. The van der Waals surface area contributed by atoms with E-state index in [-0.39, 0.29) is 25.0 Å². The van der Waals surface area contributed by atoms with E-state index in [2.05, 4.69) is 5.32 Å². The number of piperidine rings is 1. The van der Waals surface area contributed by atoms with Crippen molar-refractivity contribution >= 4 is 23.4 Å². The predicted octanol–water partition coefficient (Wildman–Crippen LogP) is 2.88. The minimum absolute atomic E-state index is 0.0270. The van der Waals surface area contributed by atoms with E-state index in [4.69, 9.17) is 15.6 Å². The number of nitrogens with two attached hydrogens (primary N) is 1. The van der Waals surface area contributed by atoms with Crippen molar-refractivity contribution < 1.29 is 19.1 Å². The number of nitrogens with one attached hydrogen (secondary N) is 1. The van der Waals surface area contributed by atoms with Crippen LogP contribution in [0.3, 0.4) is 0 Å². The van der Waals surface area contributed by atoms with E-state index < -0.39 is 28.4 Å². The van der Waals surface area contributed by atoms with Crippen molar-refractivity contribution in [1.29, 1.82) is 0 Å². The normalized spacial score (nSPS) is 20.1. The van der Waals surface area contributed by atoms with E-state index >= 15 is 0 Å². The lowest BCUT2D eigenvalue weighted by Gasteiger charge is -2.41. The SMILES string of the molecule is CC(C)(N)C(=O)N[C@H](COCc1ccccc1)C(=O)N1CCC2=NN(C(C)(C)C)C(=O)[C@]2(Cc2ccccc2)C1. The molecule has 9 nitrogen and oxygen atoms in total. The fourth-order valence-electron chi connectivity index (χ4n) is 5.11. The van der Waals surface area contributed by atoms with Crippen molar-refractivity contribution in [3.8, 4) is 0 Å². The van der Waals surface area contributed by atoms with Crippen molar-refractivity contribution in [3.05, 3.63) is 71.8 Å². The van der Waals surface area contributed by atoms with Crippen LogP contribution in [0.5, 0.6) is 0 Å². The molecule has 0 radical (unpaired) electrons. The van der Waals surface area contributed by atoms with Crippen LogP contribution in [0.15, 0.2) is 65.8 Å². The first-order valence-electron chi connectivity index (χ1n) is 13.8. The lowest BCUT2D eigenvalue weighted by atomic mass is 9.73. The van der Waals surface area contributed by atoms with E-state index in [0.29, 0.717) is 26.0 Å². The van der Waals surface area contributed by atoms with E-state index in [9.17, 15) is 14.4 Å². The number of ether oxygens (including phenoxy) is 1. The molecular weight excluding hydrogens is 506 g/mol. The number of amides is 3. The highest BCUT2D eigenvalue weighted by atomic mass is 16.5. The molecule has 4 rings (SSSR count). The number of hydrogen-bond acceptors (Lipinski definition) is 6. The number of benzene rings is 2. The van der Waals surface area contributed by atoms with Gasteiger partial charge >= 0.3 is 0 Å². The topological polar surface area (TPSA) is 117 Å². The number of rotatable bonds is 9. The third kappa shape index (κ3) is 6.42. The molecule has 2 aliphatic rings. The molecule has 0 bridgehead atoms. The number of carbonyl (C=O) groups excluding carboxylic acids is 3. The molecule has 2 heterocycles. The average molecular weight is 548 g/mol.